The maximum Gasteiger partial charge on any atom is 0.173 e. The smallest absolute Gasteiger partial charge is 0.173 e. The van der Waals surface area contributed by atoms with Gasteiger partial charge in [0.05, 0.1) is 19.2 Å². The van der Waals surface area contributed by atoms with E-state index in [1.807, 2.05) is 31.2 Å². The van der Waals surface area contributed by atoms with E-state index >= 15 is 0 Å². The number of hydrogen-bond acceptors (Lipinski definition) is 5. The normalized spacial score (nSPS) is 11.6. The Hall–Kier alpha value is -2.47. The van der Waals surface area contributed by atoms with Crippen LogP contribution in [0.4, 0.5) is 0 Å². The minimum Gasteiger partial charge on any atom is -0.496 e. The topological polar surface area (TPSA) is 93.0 Å². The van der Waals surface area contributed by atoms with Gasteiger partial charge in [0.2, 0.25) is 0 Å². The molecule has 0 aliphatic heterocycles. The molecule has 0 saturated carbocycles. The standard InChI is InChI=1S/C15H19N3O3/c1-10-3-5-12(21-10)9-17-8-11-4-6-14(20-2)13(7-11)15(16)18-19/h3-7,17,19H,8-9H2,1-2H3,(H2,16,18). The fourth-order valence-electron chi connectivity index (χ4n) is 2.03. The largest absolute Gasteiger partial charge is 0.496 e. The predicted octanol–water partition coefficient (Wildman–Crippen LogP) is 1.98. The molecule has 0 spiro atoms. The van der Waals surface area contributed by atoms with E-state index in [1.54, 1.807) is 13.2 Å². The van der Waals surface area contributed by atoms with Crippen LogP contribution in [0, 0.1) is 6.92 Å². The number of nitrogens with zero attached hydrogens (tertiary/aromatic N) is 1. The molecule has 21 heavy (non-hydrogen) atoms. The highest BCUT2D eigenvalue weighted by molar-refractivity contribution is 5.99. The number of aryl methyl sites for hydroxylation is 1. The summed E-state index contributed by atoms with van der Waals surface area (Å²) in [7, 11) is 1.54. The molecule has 0 atom stereocenters. The van der Waals surface area contributed by atoms with E-state index in [0.29, 0.717) is 24.4 Å². The van der Waals surface area contributed by atoms with Gasteiger partial charge in [-0.15, -0.1) is 0 Å². The molecule has 0 radical (unpaired) electrons. The van der Waals surface area contributed by atoms with Crippen LogP contribution in [0.3, 0.4) is 0 Å². The molecule has 1 heterocycles. The lowest BCUT2D eigenvalue weighted by molar-refractivity contribution is 0.318. The SMILES string of the molecule is COc1ccc(CNCc2ccc(C)o2)cc1C(N)=NO. The van der Waals surface area contributed by atoms with Crippen LogP contribution in [-0.2, 0) is 13.1 Å². The van der Waals surface area contributed by atoms with E-state index in [4.69, 9.17) is 20.1 Å². The van der Waals surface area contributed by atoms with Crippen LogP contribution in [0.2, 0.25) is 0 Å². The molecule has 6 heteroatoms. The van der Waals surface area contributed by atoms with Gasteiger partial charge in [-0.25, -0.2) is 0 Å². The van der Waals surface area contributed by atoms with Crippen LogP contribution < -0.4 is 15.8 Å². The lowest BCUT2D eigenvalue weighted by atomic mass is 10.1. The fourth-order valence-corrected chi connectivity index (χ4v) is 2.03. The molecule has 2 aromatic rings. The molecule has 0 unspecified atom stereocenters. The first-order valence-corrected chi connectivity index (χ1v) is 6.55. The first-order valence-electron chi connectivity index (χ1n) is 6.55. The molecule has 0 bridgehead atoms. The van der Waals surface area contributed by atoms with Gasteiger partial charge in [-0.1, -0.05) is 11.2 Å². The van der Waals surface area contributed by atoms with Crippen LogP contribution in [0.5, 0.6) is 5.75 Å². The molecule has 1 aromatic carbocycles. The van der Waals surface area contributed by atoms with Crippen molar-refractivity contribution in [2.24, 2.45) is 10.9 Å². The van der Waals surface area contributed by atoms with Crippen molar-refractivity contribution in [2.45, 2.75) is 20.0 Å². The van der Waals surface area contributed by atoms with E-state index in [9.17, 15) is 0 Å². The van der Waals surface area contributed by atoms with E-state index in [-0.39, 0.29) is 5.84 Å². The van der Waals surface area contributed by atoms with Gasteiger partial charge in [-0.05, 0) is 36.8 Å². The average molecular weight is 289 g/mol. The third kappa shape index (κ3) is 3.76. The van der Waals surface area contributed by atoms with Crippen molar-refractivity contribution >= 4 is 5.84 Å². The van der Waals surface area contributed by atoms with Gasteiger partial charge in [0.25, 0.3) is 0 Å². The lowest BCUT2D eigenvalue weighted by Gasteiger charge is -2.10. The molecule has 0 amide bonds. The number of oxime groups is 1. The third-order valence-electron chi connectivity index (χ3n) is 3.07. The highest BCUT2D eigenvalue weighted by atomic mass is 16.5. The van der Waals surface area contributed by atoms with Gasteiger partial charge < -0.3 is 25.4 Å². The van der Waals surface area contributed by atoms with Crippen LogP contribution in [0.15, 0.2) is 39.9 Å². The van der Waals surface area contributed by atoms with Gasteiger partial charge in [0, 0.05) is 6.54 Å². The monoisotopic (exact) mass is 289 g/mol. The summed E-state index contributed by atoms with van der Waals surface area (Å²) < 4.78 is 10.7. The summed E-state index contributed by atoms with van der Waals surface area (Å²) in [6, 6.07) is 9.42. The zero-order valence-electron chi connectivity index (χ0n) is 12.1. The zero-order chi connectivity index (χ0) is 15.2. The van der Waals surface area contributed by atoms with Crippen LogP contribution >= 0.6 is 0 Å². The fraction of sp³-hybridized carbons (Fsp3) is 0.267. The Bertz CT molecular complexity index is 635. The molecule has 112 valence electrons. The number of ether oxygens (including phenoxy) is 1. The Morgan fingerprint density at radius 1 is 1.33 bits per heavy atom. The van der Waals surface area contributed by atoms with Crippen molar-refractivity contribution in [3.63, 3.8) is 0 Å². The Balaban J connectivity index is 2.03. The van der Waals surface area contributed by atoms with Gasteiger partial charge in [0.15, 0.2) is 5.84 Å². The van der Waals surface area contributed by atoms with Crippen molar-refractivity contribution in [3.8, 4) is 5.75 Å². The maximum absolute atomic E-state index is 8.81. The average Bonchev–Trinajstić information content (AvgIpc) is 2.91. The number of hydrogen-bond donors (Lipinski definition) is 3. The number of rotatable bonds is 6. The Morgan fingerprint density at radius 2 is 2.14 bits per heavy atom. The second-order valence-electron chi connectivity index (χ2n) is 4.64. The first-order chi connectivity index (χ1) is 10.1. The summed E-state index contributed by atoms with van der Waals surface area (Å²) in [5.74, 6) is 2.37. The summed E-state index contributed by atoms with van der Waals surface area (Å²) in [5, 5.41) is 15.1. The van der Waals surface area contributed by atoms with Gasteiger partial charge in [-0.3, -0.25) is 0 Å². The molecule has 6 nitrogen and oxygen atoms in total. The third-order valence-corrected chi connectivity index (χ3v) is 3.07. The number of nitrogens with one attached hydrogen (secondary N) is 1. The molecule has 0 saturated heterocycles. The highest BCUT2D eigenvalue weighted by Gasteiger charge is 2.09. The van der Waals surface area contributed by atoms with Crippen molar-refractivity contribution in [1.82, 2.24) is 5.32 Å². The van der Waals surface area contributed by atoms with E-state index in [1.165, 1.54) is 0 Å². The summed E-state index contributed by atoms with van der Waals surface area (Å²) in [5.41, 5.74) is 7.21. The molecule has 4 N–H and O–H groups in total. The van der Waals surface area contributed by atoms with Crippen molar-refractivity contribution < 1.29 is 14.4 Å². The van der Waals surface area contributed by atoms with Crippen LogP contribution in [0.25, 0.3) is 0 Å². The van der Waals surface area contributed by atoms with Gasteiger partial charge in [-0.2, -0.15) is 0 Å². The van der Waals surface area contributed by atoms with Crippen molar-refractivity contribution in [2.75, 3.05) is 7.11 Å². The molecule has 1 aromatic heterocycles. The van der Waals surface area contributed by atoms with Crippen molar-refractivity contribution in [3.05, 3.63) is 53.0 Å². The predicted molar refractivity (Wildman–Crippen MR) is 79.5 cm³/mol. The lowest BCUT2D eigenvalue weighted by Crippen LogP contribution is -2.16. The molecule has 0 aliphatic carbocycles. The minimum atomic E-state index is 0.0235. The van der Waals surface area contributed by atoms with Gasteiger partial charge in [0.1, 0.15) is 17.3 Å². The minimum absolute atomic E-state index is 0.0235. The van der Waals surface area contributed by atoms with E-state index in [0.717, 1.165) is 17.1 Å². The zero-order valence-corrected chi connectivity index (χ0v) is 12.1. The Kier molecular flexibility index (Phi) is 4.84. The summed E-state index contributed by atoms with van der Waals surface area (Å²) >= 11 is 0. The Morgan fingerprint density at radius 3 is 2.76 bits per heavy atom. The summed E-state index contributed by atoms with van der Waals surface area (Å²) in [4.78, 5) is 0. The van der Waals surface area contributed by atoms with Gasteiger partial charge >= 0.3 is 0 Å². The molecule has 2 rings (SSSR count). The molecular formula is C15H19N3O3. The maximum atomic E-state index is 8.81. The Labute approximate surface area is 123 Å². The second kappa shape index (κ2) is 6.81. The second-order valence-corrected chi connectivity index (χ2v) is 4.64. The molecule has 0 aliphatic rings. The quantitative estimate of drug-likeness (QED) is 0.327. The number of nitrogens with two attached hydrogens (primary N) is 1. The first kappa shape index (κ1) is 14.9. The number of methoxy groups -OCH3 is 1. The van der Waals surface area contributed by atoms with Crippen molar-refractivity contribution in [1.29, 1.82) is 0 Å². The van der Waals surface area contributed by atoms with E-state index in [2.05, 4.69) is 10.5 Å². The number of furan rings is 1. The summed E-state index contributed by atoms with van der Waals surface area (Å²) in [6.45, 7) is 3.18. The molecule has 0 fully saturated rings. The van der Waals surface area contributed by atoms with Crippen LogP contribution in [0.1, 0.15) is 22.6 Å². The van der Waals surface area contributed by atoms with E-state index < -0.39 is 0 Å². The summed E-state index contributed by atoms with van der Waals surface area (Å²) in [6.07, 6.45) is 0. The number of amidine groups is 1. The number of benzene rings is 1. The highest BCUT2D eigenvalue weighted by Crippen LogP contribution is 2.19. The van der Waals surface area contributed by atoms with Crippen LogP contribution in [-0.4, -0.2) is 18.2 Å². The molecular weight excluding hydrogens is 270 g/mol.